The third-order valence-electron chi connectivity index (χ3n) is 7.35. The number of para-hydroxylation sites is 1. The molecule has 2 amide bonds. The van der Waals surface area contributed by atoms with Crippen molar-refractivity contribution >= 4 is 37.5 Å². The molecule has 2 fully saturated rings. The van der Waals surface area contributed by atoms with E-state index in [1.165, 1.54) is 4.90 Å². The molecular weight excluding hydrogens is 455 g/mol. The van der Waals surface area contributed by atoms with E-state index in [0.29, 0.717) is 35.8 Å². The van der Waals surface area contributed by atoms with Crippen molar-refractivity contribution in [3.63, 3.8) is 0 Å². The maximum atomic E-state index is 15.6. The lowest BCUT2D eigenvalue weighted by molar-refractivity contribution is -0.145. The summed E-state index contributed by atoms with van der Waals surface area (Å²) in [5.41, 5.74) is 0.682. The fourth-order valence-electron chi connectivity index (χ4n) is 5.99. The van der Waals surface area contributed by atoms with Crippen LogP contribution >= 0.6 is 0 Å². The number of aliphatic hydroxyl groups excluding tert-OH is 1. The number of nitrogens with zero attached hydrogens (tertiary/aromatic N) is 2. The number of fused-ring (bicyclic) bond motifs is 2. The molecule has 180 valence electrons. The number of amides is 2. The Balaban J connectivity index is 1.70. The zero-order chi connectivity index (χ0) is 24.3. The SMILES string of the molecule is C[C@@H]1[C@@H]([Si](C)(C)F)[C@H](CCO)O[C@@]12C(=O)N(c1ccccc1)c1ccc(N3CCOC3=O)cc12. The van der Waals surface area contributed by atoms with E-state index in [2.05, 4.69) is 0 Å². The highest BCUT2D eigenvalue weighted by Gasteiger charge is 2.67. The van der Waals surface area contributed by atoms with Gasteiger partial charge in [-0.15, -0.1) is 0 Å². The third kappa shape index (κ3) is 3.29. The molecule has 2 saturated heterocycles. The summed E-state index contributed by atoms with van der Waals surface area (Å²) in [4.78, 5) is 29.6. The van der Waals surface area contributed by atoms with Gasteiger partial charge in [0.1, 0.15) is 6.61 Å². The van der Waals surface area contributed by atoms with Crippen molar-refractivity contribution in [3.05, 3.63) is 54.1 Å². The highest BCUT2D eigenvalue weighted by Crippen LogP contribution is 2.61. The lowest BCUT2D eigenvalue weighted by Crippen LogP contribution is -2.44. The summed E-state index contributed by atoms with van der Waals surface area (Å²) in [5, 5.41) is 9.70. The minimum absolute atomic E-state index is 0.155. The summed E-state index contributed by atoms with van der Waals surface area (Å²) in [6.45, 7) is 5.70. The topological polar surface area (TPSA) is 79.3 Å². The number of cyclic esters (lactones) is 1. The molecule has 0 unspecified atom stereocenters. The van der Waals surface area contributed by atoms with Crippen molar-refractivity contribution in [1.82, 2.24) is 0 Å². The van der Waals surface area contributed by atoms with E-state index >= 15 is 4.11 Å². The molecule has 4 atom stereocenters. The number of carbonyl (C=O) groups is 2. The number of ether oxygens (including phenoxy) is 2. The van der Waals surface area contributed by atoms with Gasteiger partial charge in [-0.05, 0) is 49.8 Å². The number of hydrogen-bond donors (Lipinski definition) is 1. The van der Waals surface area contributed by atoms with Crippen molar-refractivity contribution in [2.24, 2.45) is 5.92 Å². The molecule has 0 bridgehead atoms. The first-order valence-electron chi connectivity index (χ1n) is 11.7. The maximum absolute atomic E-state index is 15.6. The van der Waals surface area contributed by atoms with Crippen LogP contribution in [0, 0.1) is 5.92 Å². The number of hydrogen-bond acceptors (Lipinski definition) is 5. The molecule has 34 heavy (non-hydrogen) atoms. The highest BCUT2D eigenvalue weighted by molar-refractivity contribution is 6.72. The van der Waals surface area contributed by atoms with Gasteiger partial charge < -0.3 is 18.7 Å². The fraction of sp³-hybridized carbons (Fsp3) is 0.440. The molecule has 3 heterocycles. The number of aliphatic hydroxyl groups is 1. The van der Waals surface area contributed by atoms with Crippen LogP contribution in [-0.2, 0) is 19.9 Å². The smallest absolute Gasteiger partial charge is 0.414 e. The molecule has 2 aromatic rings. The van der Waals surface area contributed by atoms with Gasteiger partial charge in [-0.1, -0.05) is 25.1 Å². The largest absolute Gasteiger partial charge is 0.447 e. The van der Waals surface area contributed by atoms with Crippen LogP contribution in [0.3, 0.4) is 0 Å². The van der Waals surface area contributed by atoms with Crippen molar-refractivity contribution in [1.29, 1.82) is 0 Å². The number of halogens is 1. The van der Waals surface area contributed by atoms with Crippen molar-refractivity contribution in [2.45, 2.75) is 43.7 Å². The first-order chi connectivity index (χ1) is 16.2. The van der Waals surface area contributed by atoms with Crippen LogP contribution in [-0.4, -0.2) is 51.4 Å². The predicted molar refractivity (Wildman–Crippen MR) is 128 cm³/mol. The van der Waals surface area contributed by atoms with Crippen LogP contribution in [0.4, 0.5) is 26.0 Å². The first kappa shape index (κ1) is 23.0. The Morgan fingerprint density at radius 1 is 1.15 bits per heavy atom. The molecule has 7 nitrogen and oxygen atoms in total. The average Bonchev–Trinajstić information content (AvgIpc) is 3.42. The van der Waals surface area contributed by atoms with Crippen LogP contribution in [0.2, 0.25) is 18.6 Å². The number of rotatable bonds is 5. The predicted octanol–water partition coefficient (Wildman–Crippen LogP) is 4.48. The molecule has 1 spiro atoms. The molecule has 5 rings (SSSR count). The van der Waals surface area contributed by atoms with Gasteiger partial charge in [0.15, 0.2) is 5.60 Å². The molecule has 0 saturated carbocycles. The normalized spacial score (nSPS) is 28.7. The number of anilines is 3. The fourth-order valence-corrected chi connectivity index (χ4v) is 8.53. The average molecular weight is 485 g/mol. The van der Waals surface area contributed by atoms with Gasteiger partial charge >= 0.3 is 6.09 Å². The number of benzene rings is 2. The minimum atomic E-state index is -3.27. The molecule has 1 N–H and O–H groups in total. The van der Waals surface area contributed by atoms with E-state index in [0.717, 1.165) is 0 Å². The molecule has 0 radical (unpaired) electrons. The van der Waals surface area contributed by atoms with Crippen LogP contribution < -0.4 is 9.80 Å². The summed E-state index contributed by atoms with van der Waals surface area (Å²) in [7, 11) is -3.27. The second kappa shape index (κ2) is 8.18. The van der Waals surface area contributed by atoms with Crippen molar-refractivity contribution in [3.8, 4) is 0 Å². The Labute approximate surface area is 199 Å². The Hall–Kier alpha value is -2.75. The quantitative estimate of drug-likeness (QED) is 0.500. The standard InChI is InChI=1S/C25H29FN2O5Si/c1-16-22(34(2,3)26)21(11-13-29)33-25(16)19-15-18(27-12-14-32-24(27)31)9-10-20(19)28(23(25)30)17-7-5-4-6-8-17/h4-10,15-16,21-22,29H,11-14H2,1-3H3/t16-,21+,22-,25+/m1/s1. The van der Waals surface area contributed by atoms with Gasteiger partial charge in [0.25, 0.3) is 5.91 Å². The molecule has 3 aliphatic heterocycles. The zero-order valence-corrected chi connectivity index (χ0v) is 20.5. The molecule has 0 aliphatic carbocycles. The van der Waals surface area contributed by atoms with Crippen LogP contribution in [0.1, 0.15) is 18.9 Å². The van der Waals surface area contributed by atoms with E-state index in [1.54, 1.807) is 24.1 Å². The maximum Gasteiger partial charge on any atom is 0.414 e. The van der Waals surface area contributed by atoms with Gasteiger partial charge in [0.2, 0.25) is 8.41 Å². The molecule has 2 aromatic carbocycles. The summed E-state index contributed by atoms with van der Waals surface area (Å²) in [6.07, 6.45) is -0.769. The zero-order valence-electron chi connectivity index (χ0n) is 19.5. The number of carbonyl (C=O) groups excluding carboxylic acids is 2. The molecule has 0 aromatic heterocycles. The Bertz CT molecular complexity index is 1120. The van der Waals surface area contributed by atoms with E-state index in [4.69, 9.17) is 9.47 Å². The van der Waals surface area contributed by atoms with E-state index in [9.17, 15) is 14.7 Å². The van der Waals surface area contributed by atoms with Crippen LogP contribution in [0.15, 0.2) is 48.5 Å². The molecular formula is C25H29FN2O5Si. The van der Waals surface area contributed by atoms with Gasteiger partial charge in [0.05, 0.1) is 18.3 Å². The van der Waals surface area contributed by atoms with Gasteiger partial charge in [0, 0.05) is 35.0 Å². The highest BCUT2D eigenvalue weighted by atomic mass is 28.4. The van der Waals surface area contributed by atoms with Gasteiger partial charge in [-0.3, -0.25) is 14.6 Å². The van der Waals surface area contributed by atoms with E-state index in [-0.39, 0.29) is 18.9 Å². The lowest BCUT2D eigenvalue weighted by atomic mass is 9.82. The summed E-state index contributed by atoms with van der Waals surface area (Å²) >= 11 is 0. The Morgan fingerprint density at radius 3 is 2.50 bits per heavy atom. The summed E-state index contributed by atoms with van der Waals surface area (Å²) in [6, 6.07) is 14.7. The van der Waals surface area contributed by atoms with Crippen LogP contribution in [0.5, 0.6) is 0 Å². The molecule has 3 aliphatic rings. The first-order valence-corrected chi connectivity index (χ1v) is 14.6. The molecule has 9 heteroatoms. The van der Waals surface area contributed by atoms with Crippen molar-refractivity contribution in [2.75, 3.05) is 29.6 Å². The summed E-state index contributed by atoms with van der Waals surface area (Å²) in [5.74, 6) is -0.734. The third-order valence-corrected chi connectivity index (χ3v) is 9.81. The monoisotopic (exact) mass is 484 g/mol. The second-order valence-electron chi connectivity index (χ2n) is 9.73. The second-order valence-corrected chi connectivity index (χ2v) is 13.5. The van der Waals surface area contributed by atoms with Crippen molar-refractivity contribution < 1.29 is 28.3 Å². The summed E-state index contributed by atoms with van der Waals surface area (Å²) < 4.78 is 27.3. The van der Waals surface area contributed by atoms with Gasteiger partial charge in [-0.2, -0.15) is 0 Å². The van der Waals surface area contributed by atoms with Crippen LogP contribution in [0.25, 0.3) is 0 Å². The van der Waals surface area contributed by atoms with Gasteiger partial charge in [-0.25, -0.2) is 4.79 Å². The Morgan fingerprint density at radius 2 is 1.88 bits per heavy atom. The minimum Gasteiger partial charge on any atom is -0.447 e. The van der Waals surface area contributed by atoms with E-state index in [1.807, 2.05) is 49.4 Å². The Kier molecular flexibility index (Phi) is 5.53. The van der Waals surface area contributed by atoms with E-state index < -0.39 is 37.7 Å². The lowest BCUT2D eigenvalue weighted by Gasteiger charge is -2.31.